The molecule has 2 fully saturated rings. The minimum Gasteiger partial charge on any atom is -0.352 e. The van der Waals surface area contributed by atoms with Gasteiger partial charge in [0.2, 0.25) is 11.8 Å². The Balaban J connectivity index is 1.79. The molecule has 24 heavy (non-hydrogen) atoms. The van der Waals surface area contributed by atoms with Gasteiger partial charge < -0.3 is 10.2 Å². The quantitative estimate of drug-likeness (QED) is 0.862. The highest BCUT2D eigenvalue weighted by molar-refractivity contribution is 5.90. The summed E-state index contributed by atoms with van der Waals surface area (Å²) in [6, 6.07) is 9.62. The number of piperidine rings is 1. The molecule has 2 aliphatic rings. The van der Waals surface area contributed by atoms with Gasteiger partial charge in [-0.25, -0.2) is 4.39 Å². The number of carbonyl (C=O) groups excluding carboxylic acids is 2. The van der Waals surface area contributed by atoms with Crippen molar-refractivity contribution >= 4 is 11.8 Å². The largest absolute Gasteiger partial charge is 0.352 e. The van der Waals surface area contributed by atoms with Crippen LogP contribution < -0.4 is 5.32 Å². The molecule has 0 aromatic heterocycles. The number of benzene rings is 1. The van der Waals surface area contributed by atoms with Gasteiger partial charge in [0, 0.05) is 19.1 Å². The first-order chi connectivity index (χ1) is 11.5. The lowest BCUT2D eigenvalue weighted by molar-refractivity contribution is -0.135. The average molecular weight is 330 g/mol. The van der Waals surface area contributed by atoms with E-state index >= 15 is 0 Å². The van der Waals surface area contributed by atoms with Crippen molar-refractivity contribution in [3.63, 3.8) is 0 Å². The lowest BCUT2D eigenvalue weighted by Crippen LogP contribution is -2.56. The fourth-order valence-electron chi connectivity index (χ4n) is 3.63. The molecule has 1 saturated heterocycles. The Bertz CT molecular complexity index is 618. The van der Waals surface area contributed by atoms with E-state index in [1.807, 2.05) is 30.3 Å². The Labute approximate surface area is 141 Å². The second kappa shape index (κ2) is 6.75. The van der Waals surface area contributed by atoms with Gasteiger partial charge in [0.05, 0.1) is 5.41 Å². The van der Waals surface area contributed by atoms with Crippen LogP contribution in [0.5, 0.6) is 0 Å². The smallest absolute Gasteiger partial charge is 0.245 e. The third-order valence-corrected chi connectivity index (χ3v) is 5.28. The Morgan fingerprint density at radius 3 is 2.38 bits per heavy atom. The van der Waals surface area contributed by atoms with Crippen molar-refractivity contribution in [2.75, 3.05) is 13.1 Å². The summed E-state index contributed by atoms with van der Waals surface area (Å²) in [5, 5.41) is 3.01. The third-order valence-electron chi connectivity index (χ3n) is 5.28. The minimum absolute atomic E-state index is 0.0451. The summed E-state index contributed by atoms with van der Waals surface area (Å²) >= 11 is 0. The number of hydrogen-bond acceptors (Lipinski definition) is 2. The number of hydrogen-bond donors (Lipinski definition) is 1. The van der Waals surface area contributed by atoms with E-state index in [-0.39, 0.29) is 17.9 Å². The number of nitrogens with one attached hydrogen (secondary N) is 1. The topological polar surface area (TPSA) is 49.4 Å². The molecule has 1 saturated carbocycles. The van der Waals surface area contributed by atoms with Crippen LogP contribution in [0.25, 0.3) is 0 Å². The van der Waals surface area contributed by atoms with Crippen molar-refractivity contribution in [1.82, 2.24) is 10.2 Å². The molecule has 2 amide bonds. The summed E-state index contributed by atoms with van der Waals surface area (Å²) in [4.78, 5) is 26.6. The predicted octanol–water partition coefficient (Wildman–Crippen LogP) is 2.35. The maximum atomic E-state index is 13.1. The zero-order valence-electron chi connectivity index (χ0n) is 13.7. The van der Waals surface area contributed by atoms with Crippen LogP contribution in [0.4, 0.5) is 4.39 Å². The Morgan fingerprint density at radius 1 is 1.21 bits per heavy atom. The zero-order chi connectivity index (χ0) is 17.2. The molecule has 0 atom stereocenters. The van der Waals surface area contributed by atoms with Gasteiger partial charge in [-0.1, -0.05) is 36.9 Å². The standard InChI is InChI=1S/C19H23FN2O2/c1-2-17(23)22-10-8-19(9-11-22,14-6-4-3-5-7-14)18(24)21-16-12-15(20)13-16/h2-7,15-16H,1,8-13H2,(H,21,24). The first-order valence-electron chi connectivity index (χ1n) is 8.47. The van der Waals surface area contributed by atoms with Crippen molar-refractivity contribution < 1.29 is 14.0 Å². The third kappa shape index (κ3) is 3.07. The number of likely N-dealkylation sites (tertiary alicyclic amines) is 1. The van der Waals surface area contributed by atoms with Crippen LogP contribution in [0.2, 0.25) is 0 Å². The second-order valence-electron chi connectivity index (χ2n) is 6.72. The summed E-state index contributed by atoms with van der Waals surface area (Å²) in [5.41, 5.74) is 0.310. The van der Waals surface area contributed by atoms with Gasteiger partial charge in [0.25, 0.3) is 0 Å². The van der Waals surface area contributed by atoms with Gasteiger partial charge in [-0.2, -0.15) is 0 Å². The lowest BCUT2D eigenvalue weighted by atomic mass is 9.71. The molecular weight excluding hydrogens is 307 g/mol. The van der Waals surface area contributed by atoms with Gasteiger partial charge in [-0.15, -0.1) is 0 Å². The van der Waals surface area contributed by atoms with E-state index in [0.717, 1.165) is 5.56 Å². The van der Waals surface area contributed by atoms with E-state index in [1.54, 1.807) is 4.90 Å². The molecule has 1 aliphatic heterocycles. The van der Waals surface area contributed by atoms with Crippen LogP contribution in [0.15, 0.2) is 43.0 Å². The van der Waals surface area contributed by atoms with Crippen molar-refractivity contribution in [3.05, 3.63) is 48.6 Å². The Kier molecular flexibility index (Phi) is 4.69. The van der Waals surface area contributed by atoms with Crippen molar-refractivity contribution in [2.45, 2.75) is 43.3 Å². The molecule has 0 bridgehead atoms. The Hall–Kier alpha value is -2.17. The maximum Gasteiger partial charge on any atom is 0.245 e. The van der Waals surface area contributed by atoms with E-state index in [0.29, 0.717) is 38.8 Å². The molecule has 1 aromatic rings. The summed E-state index contributed by atoms with van der Waals surface area (Å²) in [6.45, 7) is 4.56. The fourth-order valence-corrected chi connectivity index (χ4v) is 3.63. The molecule has 1 N–H and O–H groups in total. The molecule has 0 unspecified atom stereocenters. The molecule has 128 valence electrons. The van der Waals surface area contributed by atoms with Crippen LogP contribution in [-0.4, -0.2) is 42.0 Å². The molecule has 1 aromatic carbocycles. The van der Waals surface area contributed by atoms with E-state index in [2.05, 4.69) is 11.9 Å². The second-order valence-corrected chi connectivity index (χ2v) is 6.72. The average Bonchev–Trinajstić information content (AvgIpc) is 2.60. The molecule has 0 radical (unpaired) electrons. The highest BCUT2D eigenvalue weighted by Gasteiger charge is 2.45. The van der Waals surface area contributed by atoms with Crippen molar-refractivity contribution in [1.29, 1.82) is 0 Å². The van der Waals surface area contributed by atoms with Crippen LogP contribution >= 0.6 is 0 Å². The number of rotatable bonds is 4. The molecule has 1 aliphatic carbocycles. The summed E-state index contributed by atoms with van der Waals surface area (Å²) in [6.07, 6.45) is 2.44. The Morgan fingerprint density at radius 2 is 1.83 bits per heavy atom. The molecule has 1 heterocycles. The lowest BCUT2D eigenvalue weighted by Gasteiger charge is -2.42. The summed E-state index contributed by atoms with van der Waals surface area (Å²) in [7, 11) is 0. The highest BCUT2D eigenvalue weighted by atomic mass is 19.1. The molecule has 5 heteroatoms. The number of halogens is 1. The first kappa shape index (κ1) is 16.7. The van der Waals surface area contributed by atoms with E-state index in [4.69, 9.17) is 0 Å². The minimum atomic E-state index is -0.796. The zero-order valence-corrected chi connectivity index (χ0v) is 13.7. The van der Waals surface area contributed by atoms with Gasteiger partial charge in [-0.3, -0.25) is 9.59 Å². The van der Waals surface area contributed by atoms with Crippen LogP contribution in [0.1, 0.15) is 31.2 Å². The monoisotopic (exact) mass is 330 g/mol. The predicted molar refractivity (Wildman–Crippen MR) is 90.2 cm³/mol. The summed E-state index contributed by atoms with van der Waals surface area (Å²) in [5.74, 6) is -0.146. The number of nitrogens with zero attached hydrogens (tertiary/aromatic N) is 1. The van der Waals surface area contributed by atoms with Gasteiger partial charge in [0.1, 0.15) is 6.17 Å². The normalized spacial score (nSPS) is 25.5. The van der Waals surface area contributed by atoms with Gasteiger partial charge in [-0.05, 0) is 37.3 Å². The van der Waals surface area contributed by atoms with Gasteiger partial charge in [0.15, 0.2) is 0 Å². The summed E-state index contributed by atoms with van der Waals surface area (Å²) < 4.78 is 13.1. The highest BCUT2D eigenvalue weighted by Crippen LogP contribution is 2.37. The molecular formula is C19H23FN2O2. The molecule has 4 nitrogen and oxygen atoms in total. The van der Waals surface area contributed by atoms with Crippen LogP contribution in [0, 0.1) is 0 Å². The molecule has 3 rings (SSSR count). The van der Waals surface area contributed by atoms with Gasteiger partial charge >= 0.3 is 0 Å². The van der Waals surface area contributed by atoms with E-state index in [9.17, 15) is 14.0 Å². The van der Waals surface area contributed by atoms with Crippen LogP contribution in [-0.2, 0) is 15.0 Å². The fraction of sp³-hybridized carbons (Fsp3) is 0.474. The first-order valence-corrected chi connectivity index (χ1v) is 8.47. The van der Waals surface area contributed by atoms with E-state index < -0.39 is 11.6 Å². The van der Waals surface area contributed by atoms with Crippen LogP contribution in [0.3, 0.4) is 0 Å². The number of amides is 2. The van der Waals surface area contributed by atoms with Crippen molar-refractivity contribution in [3.8, 4) is 0 Å². The number of carbonyl (C=O) groups is 2. The molecule has 0 spiro atoms. The van der Waals surface area contributed by atoms with Crippen molar-refractivity contribution in [2.24, 2.45) is 0 Å². The maximum absolute atomic E-state index is 13.1. The number of alkyl halides is 1. The van der Waals surface area contributed by atoms with E-state index in [1.165, 1.54) is 6.08 Å². The SMILES string of the molecule is C=CC(=O)N1CCC(C(=O)NC2CC(F)C2)(c2ccccc2)CC1.